The molecule has 4 nitrogen and oxygen atoms in total. The van der Waals surface area contributed by atoms with Gasteiger partial charge in [0, 0.05) is 11.8 Å². The summed E-state index contributed by atoms with van der Waals surface area (Å²) in [6.45, 7) is 0. The van der Waals surface area contributed by atoms with Gasteiger partial charge in [-0.2, -0.15) is 0 Å². The minimum atomic E-state index is -4.37. The molecule has 0 unspecified atom stereocenters. The molecule has 0 fully saturated rings. The second-order valence-corrected chi connectivity index (χ2v) is 5.57. The van der Waals surface area contributed by atoms with Gasteiger partial charge in [-0.25, -0.2) is 21.6 Å². The molecule has 0 bridgehead atoms. The molecule has 20 heavy (non-hydrogen) atoms. The highest BCUT2D eigenvalue weighted by Crippen LogP contribution is 2.22. The molecule has 0 amide bonds. The lowest BCUT2D eigenvalue weighted by molar-refractivity contribution is 0.550. The lowest BCUT2D eigenvalue weighted by Gasteiger charge is -2.10. The first kappa shape index (κ1) is 14.2. The molecular weight excluding hydrogens is 293 g/mol. The maximum atomic E-state index is 13.5. The molecule has 0 atom stereocenters. The van der Waals surface area contributed by atoms with Crippen molar-refractivity contribution in [1.82, 2.24) is 0 Å². The summed E-state index contributed by atoms with van der Waals surface area (Å²) >= 11 is 0. The number of sulfonamides is 1. The minimum Gasteiger partial charge on any atom is -0.399 e. The van der Waals surface area contributed by atoms with E-state index in [0.717, 1.165) is 24.3 Å². The molecule has 8 heteroatoms. The molecular formula is C12H9F3N2O2S. The maximum Gasteiger partial charge on any atom is 0.264 e. The maximum absolute atomic E-state index is 13.5. The second kappa shape index (κ2) is 5.04. The smallest absolute Gasteiger partial charge is 0.264 e. The summed E-state index contributed by atoms with van der Waals surface area (Å²) in [5, 5.41) is 0. The Morgan fingerprint density at radius 3 is 2.25 bits per heavy atom. The van der Waals surface area contributed by atoms with Crippen LogP contribution in [-0.4, -0.2) is 8.42 Å². The number of nitrogens with one attached hydrogen (secondary N) is 1. The topological polar surface area (TPSA) is 72.2 Å². The summed E-state index contributed by atoms with van der Waals surface area (Å²) in [5.41, 5.74) is 5.05. The van der Waals surface area contributed by atoms with Crippen LogP contribution in [0, 0.1) is 17.5 Å². The summed E-state index contributed by atoms with van der Waals surface area (Å²) in [6.07, 6.45) is 0. The Hall–Kier alpha value is -2.22. The summed E-state index contributed by atoms with van der Waals surface area (Å²) in [4.78, 5) is -0.782. The number of nitrogens with two attached hydrogens (primary N) is 1. The van der Waals surface area contributed by atoms with Crippen LogP contribution in [0.1, 0.15) is 0 Å². The van der Waals surface area contributed by atoms with E-state index in [1.54, 1.807) is 0 Å². The van der Waals surface area contributed by atoms with Crippen LogP contribution in [0.2, 0.25) is 0 Å². The van der Waals surface area contributed by atoms with Crippen molar-refractivity contribution in [2.75, 3.05) is 10.5 Å². The average Bonchev–Trinajstić information content (AvgIpc) is 2.32. The quantitative estimate of drug-likeness (QED) is 0.856. The van der Waals surface area contributed by atoms with Gasteiger partial charge in [-0.1, -0.05) is 0 Å². The molecule has 2 aromatic rings. The fourth-order valence-corrected chi connectivity index (χ4v) is 2.63. The van der Waals surface area contributed by atoms with E-state index >= 15 is 0 Å². The number of rotatable bonds is 3. The lowest BCUT2D eigenvalue weighted by Crippen LogP contribution is -2.15. The zero-order valence-corrected chi connectivity index (χ0v) is 10.7. The molecule has 0 aliphatic heterocycles. The van der Waals surface area contributed by atoms with E-state index in [9.17, 15) is 21.6 Å². The normalized spacial score (nSPS) is 11.3. The van der Waals surface area contributed by atoms with Crippen molar-refractivity contribution in [1.29, 1.82) is 0 Å². The highest BCUT2D eigenvalue weighted by atomic mass is 32.2. The van der Waals surface area contributed by atoms with Crippen LogP contribution in [0.5, 0.6) is 0 Å². The van der Waals surface area contributed by atoms with Gasteiger partial charge in [-0.05, 0) is 30.3 Å². The number of benzene rings is 2. The first-order chi connectivity index (χ1) is 9.29. The molecule has 2 rings (SSSR count). The van der Waals surface area contributed by atoms with Crippen LogP contribution < -0.4 is 10.5 Å². The second-order valence-electron chi connectivity index (χ2n) is 3.92. The van der Waals surface area contributed by atoms with Gasteiger partial charge in [0.15, 0.2) is 0 Å². The number of anilines is 2. The van der Waals surface area contributed by atoms with E-state index in [1.165, 1.54) is 6.07 Å². The Bertz CT molecular complexity index is 763. The molecule has 0 spiro atoms. The van der Waals surface area contributed by atoms with Gasteiger partial charge in [0.1, 0.15) is 22.3 Å². The van der Waals surface area contributed by atoms with Crippen molar-refractivity contribution in [3.63, 3.8) is 0 Å². The Balaban J connectivity index is 2.41. The molecule has 0 aliphatic rings. The standard InChI is InChI=1S/C12H9F3N2O2S/c13-7-1-4-12(10(15)5-7)20(18,19)17-11-3-2-8(16)6-9(11)14/h1-6,17H,16H2. The van der Waals surface area contributed by atoms with Gasteiger partial charge < -0.3 is 5.73 Å². The zero-order valence-electron chi connectivity index (χ0n) is 9.90. The molecule has 0 saturated heterocycles. The Kier molecular flexibility index (Phi) is 3.58. The number of halogens is 3. The van der Waals surface area contributed by atoms with Crippen LogP contribution in [0.4, 0.5) is 24.5 Å². The molecule has 0 radical (unpaired) electrons. The molecule has 0 heterocycles. The first-order valence-electron chi connectivity index (χ1n) is 5.32. The van der Waals surface area contributed by atoms with Gasteiger partial charge in [0.2, 0.25) is 0 Å². The van der Waals surface area contributed by atoms with E-state index in [-0.39, 0.29) is 11.4 Å². The highest BCUT2D eigenvalue weighted by molar-refractivity contribution is 7.92. The number of hydrogen-bond acceptors (Lipinski definition) is 3. The molecule has 3 N–H and O–H groups in total. The zero-order chi connectivity index (χ0) is 14.9. The summed E-state index contributed by atoms with van der Waals surface area (Å²) in [7, 11) is -4.37. The van der Waals surface area contributed by atoms with E-state index < -0.39 is 32.4 Å². The van der Waals surface area contributed by atoms with Gasteiger partial charge in [-0.15, -0.1) is 0 Å². The van der Waals surface area contributed by atoms with Crippen molar-refractivity contribution < 1.29 is 21.6 Å². The third kappa shape index (κ3) is 2.85. The summed E-state index contributed by atoms with van der Waals surface area (Å²) in [6, 6.07) is 5.26. The van der Waals surface area contributed by atoms with E-state index in [1.807, 2.05) is 4.72 Å². The van der Waals surface area contributed by atoms with Crippen LogP contribution in [-0.2, 0) is 10.0 Å². The Morgan fingerprint density at radius 1 is 0.950 bits per heavy atom. The monoisotopic (exact) mass is 302 g/mol. The van der Waals surface area contributed by atoms with E-state index in [2.05, 4.69) is 0 Å². The predicted octanol–water partition coefficient (Wildman–Crippen LogP) is 2.49. The van der Waals surface area contributed by atoms with Gasteiger partial charge in [0.05, 0.1) is 5.69 Å². The third-order valence-corrected chi connectivity index (χ3v) is 3.82. The summed E-state index contributed by atoms with van der Waals surface area (Å²) in [5.74, 6) is -3.09. The lowest BCUT2D eigenvalue weighted by atomic mass is 10.3. The van der Waals surface area contributed by atoms with Crippen LogP contribution >= 0.6 is 0 Å². The van der Waals surface area contributed by atoms with Gasteiger partial charge in [0.25, 0.3) is 10.0 Å². The van der Waals surface area contributed by atoms with Crippen LogP contribution in [0.15, 0.2) is 41.3 Å². The fraction of sp³-hybridized carbons (Fsp3) is 0. The van der Waals surface area contributed by atoms with Gasteiger partial charge in [-0.3, -0.25) is 4.72 Å². The largest absolute Gasteiger partial charge is 0.399 e. The summed E-state index contributed by atoms with van der Waals surface area (Å²) < 4.78 is 65.4. The molecule has 106 valence electrons. The van der Waals surface area contributed by atoms with Crippen molar-refractivity contribution in [3.8, 4) is 0 Å². The SMILES string of the molecule is Nc1ccc(NS(=O)(=O)c2ccc(F)cc2F)c(F)c1. The minimum absolute atomic E-state index is 0.110. The van der Waals surface area contributed by atoms with E-state index in [0.29, 0.717) is 6.07 Å². The van der Waals surface area contributed by atoms with Crippen LogP contribution in [0.3, 0.4) is 0 Å². The Labute approximate surface area is 113 Å². The van der Waals surface area contributed by atoms with Gasteiger partial charge >= 0.3 is 0 Å². The van der Waals surface area contributed by atoms with Crippen molar-refractivity contribution in [2.24, 2.45) is 0 Å². The molecule has 0 aliphatic carbocycles. The molecule has 0 saturated carbocycles. The molecule has 2 aromatic carbocycles. The molecule has 0 aromatic heterocycles. The third-order valence-electron chi connectivity index (χ3n) is 2.42. The predicted molar refractivity (Wildman–Crippen MR) is 68.0 cm³/mol. The van der Waals surface area contributed by atoms with Crippen molar-refractivity contribution in [3.05, 3.63) is 53.8 Å². The average molecular weight is 302 g/mol. The van der Waals surface area contributed by atoms with Crippen molar-refractivity contribution >= 4 is 21.4 Å². The Morgan fingerprint density at radius 2 is 1.65 bits per heavy atom. The number of nitrogen functional groups attached to an aromatic ring is 1. The first-order valence-corrected chi connectivity index (χ1v) is 6.81. The fourth-order valence-electron chi connectivity index (χ4n) is 1.51. The van der Waals surface area contributed by atoms with Crippen LogP contribution in [0.25, 0.3) is 0 Å². The van der Waals surface area contributed by atoms with Crippen molar-refractivity contribution in [2.45, 2.75) is 4.90 Å². The van der Waals surface area contributed by atoms with E-state index in [4.69, 9.17) is 5.73 Å². The highest BCUT2D eigenvalue weighted by Gasteiger charge is 2.21. The number of hydrogen-bond donors (Lipinski definition) is 2.